The fraction of sp³-hybridized carbons (Fsp3) is 0.500. The normalized spacial score (nSPS) is 29.6. The van der Waals surface area contributed by atoms with Gasteiger partial charge in [-0.2, -0.15) is 0 Å². The van der Waals surface area contributed by atoms with E-state index in [1.165, 1.54) is 0 Å². The number of hydrogen-bond acceptors (Lipinski definition) is 3. The van der Waals surface area contributed by atoms with E-state index in [0.29, 0.717) is 12.5 Å². The fourth-order valence-corrected chi connectivity index (χ4v) is 3.00. The highest BCUT2D eigenvalue weighted by Crippen LogP contribution is 2.37. The number of amides is 1. The maximum Gasteiger partial charge on any atom is 0.410 e. The number of fused-ring (bicyclic) bond motifs is 2. The van der Waals surface area contributed by atoms with Crippen molar-refractivity contribution in [2.45, 2.75) is 31.6 Å². The van der Waals surface area contributed by atoms with Crippen LogP contribution in [0.3, 0.4) is 0 Å². The summed E-state index contributed by atoms with van der Waals surface area (Å²) in [4.78, 5) is 13.6. The van der Waals surface area contributed by atoms with Gasteiger partial charge in [0, 0.05) is 6.54 Å². The summed E-state index contributed by atoms with van der Waals surface area (Å²) in [6, 6.07) is 9.60. The molecule has 0 unspecified atom stereocenters. The molecule has 2 bridgehead atoms. The van der Waals surface area contributed by atoms with E-state index in [0.717, 1.165) is 24.9 Å². The molecule has 1 aliphatic carbocycles. The average Bonchev–Trinajstić information content (AvgIpc) is 2.96. The smallest absolute Gasteiger partial charge is 0.410 e. The molecular formula is C14H17NO3. The zero-order valence-electron chi connectivity index (χ0n) is 10.2. The van der Waals surface area contributed by atoms with Gasteiger partial charge in [0.05, 0.1) is 12.1 Å². The quantitative estimate of drug-likeness (QED) is 0.866. The van der Waals surface area contributed by atoms with Crippen LogP contribution < -0.4 is 0 Å². The van der Waals surface area contributed by atoms with Gasteiger partial charge in [0.2, 0.25) is 0 Å². The highest BCUT2D eigenvalue weighted by molar-refractivity contribution is 5.69. The Morgan fingerprint density at radius 3 is 2.78 bits per heavy atom. The van der Waals surface area contributed by atoms with Crippen LogP contribution in [0.2, 0.25) is 0 Å². The van der Waals surface area contributed by atoms with Gasteiger partial charge >= 0.3 is 6.09 Å². The summed E-state index contributed by atoms with van der Waals surface area (Å²) in [7, 11) is 0. The van der Waals surface area contributed by atoms with Crippen molar-refractivity contribution in [2.75, 3.05) is 6.54 Å². The van der Waals surface area contributed by atoms with E-state index < -0.39 is 0 Å². The van der Waals surface area contributed by atoms with Crippen LogP contribution in [0, 0.1) is 5.92 Å². The van der Waals surface area contributed by atoms with Crippen LogP contribution >= 0.6 is 0 Å². The Bertz CT molecular complexity index is 434. The number of benzene rings is 1. The molecule has 4 heteroatoms. The molecule has 1 aromatic rings. The van der Waals surface area contributed by atoms with Crippen LogP contribution in [0.1, 0.15) is 18.4 Å². The van der Waals surface area contributed by atoms with Crippen molar-refractivity contribution < 1.29 is 14.6 Å². The van der Waals surface area contributed by atoms with Gasteiger partial charge in [-0.15, -0.1) is 0 Å². The summed E-state index contributed by atoms with van der Waals surface area (Å²) in [6.45, 7) is 1.03. The first-order chi connectivity index (χ1) is 8.74. The van der Waals surface area contributed by atoms with Gasteiger partial charge in [0.15, 0.2) is 0 Å². The van der Waals surface area contributed by atoms with Crippen molar-refractivity contribution in [3.8, 4) is 0 Å². The third kappa shape index (κ3) is 2.08. The molecule has 3 rings (SSSR count). The molecule has 0 aromatic heterocycles. The molecule has 2 aliphatic rings. The van der Waals surface area contributed by atoms with Gasteiger partial charge < -0.3 is 14.7 Å². The number of aliphatic hydroxyl groups excluding tert-OH is 1. The molecule has 1 saturated heterocycles. The van der Waals surface area contributed by atoms with Crippen LogP contribution in [0.5, 0.6) is 0 Å². The van der Waals surface area contributed by atoms with E-state index in [1.807, 2.05) is 30.3 Å². The first-order valence-electron chi connectivity index (χ1n) is 6.39. The average molecular weight is 247 g/mol. The number of carbonyl (C=O) groups excluding carboxylic acids is 1. The van der Waals surface area contributed by atoms with E-state index in [9.17, 15) is 9.90 Å². The van der Waals surface area contributed by atoms with E-state index in [-0.39, 0.29) is 18.2 Å². The zero-order chi connectivity index (χ0) is 12.5. The van der Waals surface area contributed by atoms with E-state index in [1.54, 1.807) is 4.90 Å². The summed E-state index contributed by atoms with van der Waals surface area (Å²) in [6.07, 6.45) is 1.08. The largest absolute Gasteiger partial charge is 0.445 e. The minimum absolute atomic E-state index is 0.0294. The molecular weight excluding hydrogens is 230 g/mol. The van der Waals surface area contributed by atoms with Gasteiger partial charge in [0.25, 0.3) is 0 Å². The van der Waals surface area contributed by atoms with E-state index >= 15 is 0 Å². The first-order valence-corrected chi connectivity index (χ1v) is 6.39. The summed E-state index contributed by atoms with van der Waals surface area (Å²) >= 11 is 0. The summed E-state index contributed by atoms with van der Waals surface area (Å²) in [5, 5.41) is 9.77. The second-order valence-corrected chi connectivity index (χ2v) is 5.16. The lowest BCUT2D eigenvalue weighted by Crippen LogP contribution is -2.44. The van der Waals surface area contributed by atoms with Gasteiger partial charge in [-0.25, -0.2) is 4.79 Å². The Labute approximate surface area is 106 Å². The molecule has 1 saturated carbocycles. The molecule has 3 atom stereocenters. The third-order valence-corrected chi connectivity index (χ3v) is 3.89. The lowest BCUT2D eigenvalue weighted by Gasteiger charge is -2.29. The third-order valence-electron chi connectivity index (χ3n) is 3.89. The maximum atomic E-state index is 11.9. The van der Waals surface area contributed by atoms with Crippen molar-refractivity contribution >= 4 is 6.09 Å². The molecule has 18 heavy (non-hydrogen) atoms. The molecule has 1 aliphatic heterocycles. The number of ether oxygens (including phenoxy) is 1. The number of nitrogens with zero attached hydrogens (tertiary/aromatic N) is 1. The number of rotatable bonds is 2. The molecule has 0 radical (unpaired) electrons. The van der Waals surface area contributed by atoms with Crippen molar-refractivity contribution in [2.24, 2.45) is 5.92 Å². The Kier molecular flexibility index (Phi) is 2.96. The highest BCUT2D eigenvalue weighted by atomic mass is 16.6. The van der Waals surface area contributed by atoms with E-state index in [2.05, 4.69) is 0 Å². The van der Waals surface area contributed by atoms with Crippen molar-refractivity contribution in [3.05, 3.63) is 35.9 Å². The Balaban J connectivity index is 1.56. The van der Waals surface area contributed by atoms with Gasteiger partial charge in [-0.05, 0) is 24.3 Å². The number of likely N-dealkylation sites (tertiary alicyclic amines) is 1. The van der Waals surface area contributed by atoms with Crippen LogP contribution in [0.15, 0.2) is 30.3 Å². The minimum atomic E-state index is -0.368. The SMILES string of the molecule is O=C(OCc1ccccc1)N1C[C@@H]2C[C@@H](O)[C@H]1C2. The number of aliphatic hydroxyl groups is 1. The maximum absolute atomic E-state index is 11.9. The van der Waals surface area contributed by atoms with Crippen LogP contribution in [0.25, 0.3) is 0 Å². The molecule has 0 spiro atoms. The van der Waals surface area contributed by atoms with Crippen LogP contribution in [-0.2, 0) is 11.3 Å². The van der Waals surface area contributed by atoms with Crippen LogP contribution in [-0.4, -0.2) is 34.8 Å². The molecule has 96 valence electrons. The van der Waals surface area contributed by atoms with Crippen molar-refractivity contribution in [3.63, 3.8) is 0 Å². The second kappa shape index (κ2) is 4.61. The Morgan fingerprint density at radius 1 is 1.33 bits per heavy atom. The Morgan fingerprint density at radius 2 is 2.11 bits per heavy atom. The first kappa shape index (κ1) is 11.5. The monoisotopic (exact) mass is 247 g/mol. The molecule has 1 amide bonds. The molecule has 4 nitrogen and oxygen atoms in total. The fourth-order valence-electron chi connectivity index (χ4n) is 3.00. The molecule has 1 aromatic carbocycles. The van der Waals surface area contributed by atoms with E-state index in [4.69, 9.17) is 4.74 Å². The topological polar surface area (TPSA) is 49.8 Å². The summed E-state index contributed by atoms with van der Waals surface area (Å²) < 4.78 is 5.29. The minimum Gasteiger partial charge on any atom is -0.445 e. The molecule has 2 fully saturated rings. The lowest BCUT2D eigenvalue weighted by molar-refractivity contribution is 0.0367. The summed E-state index contributed by atoms with van der Waals surface area (Å²) in [5.41, 5.74) is 0.982. The predicted molar refractivity (Wildman–Crippen MR) is 65.9 cm³/mol. The van der Waals surface area contributed by atoms with Crippen molar-refractivity contribution in [1.29, 1.82) is 0 Å². The van der Waals surface area contributed by atoms with Gasteiger partial charge in [0.1, 0.15) is 6.61 Å². The standard InChI is InChI=1S/C14H17NO3/c16-13-7-11-6-12(13)15(8-11)14(17)18-9-10-4-2-1-3-5-10/h1-5,11-13,16H,6-9H2/t11-,12+,13+/m0/s1. The summed E-state index contributed by atoms with van der Waals surface area (Å²) in [5.74, 6) is 0.453. The Hall–Kier alpha value is -1.55. The van der Waals surface area contributed by atoms with Gasteiger partial charge in [-0.1, -0.05) is 30.3 Å². The number of hydrogen-bond donors (Lipinski definition) is 1. The highest BCUT2D eigenvalue weighted by Gasteiger charge is 2.46. The number of piperidine rings is 1. The zero-order valence-corrected chi connectivity index (χ0v) is 10.2. The lowest BCUT2D eigenvalue weighted by atomic mass is 10.1. The number of carbonyl (C=O) groups is 1. The van der Waals surface area contributed by atoms with Gasteiger partial charge in [-0.3, -0.25) is 0 Å². The second-order valence-electron chi connectivity index (χ2n) is 5.16. The van der Waals surface area contributed by atoms with Crippen molar-refractivity contribution in [1.82, 2.24) is 4.90 Å². The molecule has 1 heterocycles. The van der Waals surface area contributed by atoms with Crippen LogP contribution in [0.4, 0.5) is 4.79 Å². The molecule has 1 N–H and O–H groups in total. The predicted octanol–water partition coefficient (Wildman–Crippen LogP) is 1.78.